The highest BCUT2D eigenvalue weighted by Gasteiger charge is 2.32. The van der Waals surface area contributed by atoms with Crippen LogP contribution in [0.15, 0.2) is 0 Å². The van der Waals surface area contributed by atoms with Crippen molar-refractivity contribution in [1.82, 2.24) is 16.0 Å². The van der Waals surface area contributed by atoms with Crippen LogP contribution in [0.4, 0.5) is 0 Å². The van der Waals surface area contributed by atoms with Gasteiger partial charge in [0.15, 0.2) is 6.04 Å². The summed E-state index contributed by atoms with van der Waals surface area (Å²) in [5.41, 5.74) is 10.9. The molecular formula is C19H33N5O10. The average Bonchev–Trinajstić information content (AvgIpc) is 2.72. The molecule has 0 saturated carbocycles. The predicted octanol–water partition coefficient (Wildman–Crippen LogP) is -3.30. The number of nitrogens with two attached hydrogens (primary N) is 2. The van der Waals surface area contributed by atoms with Gasteiger partial charge in [0, 0.05) is 6.42 Å². The van der Waals surface area contributed by atoms with Gasteiger partial charge in [-0.3, -0.25) is 24.0 Å². The Hall–Kier alpha value is -3.30. The number of hydrogen-bond acceptors (Lipinski definition) is 9. The van der Waals surface area contributed by atoms with Crippen molar-refractivity contribution < 1.29 is 49.2 Å². The molecular weight excluding hydrogens is 458 g/mol. The number of rotatable bonds is 17. The van der Waals surface area contributed by atoms with Gasteiger partial charge in [-0.1, -0.05) is 0 Å². The molecule has 194 valence electrons. The molecule has 0 fully saturated rings. The smallest absolute Gasteiger partial charge is 0.328 e. The lowest BCUT2D eigenvalue weighted by molar-refractivity contribution is -0.145. The molecule has 0 radical (unpaired) electrons. The molecule has 5 unspecified atom stereocenters. The van der Waals surface area contributed by atoms with E-state index in [1.54, 1.807) is 0 Å². The normalized spacial score (nSPS) is 15.2. The Morgan fingerprint density at radius 3 is 1.79 bits per heavy atom. The summed E-state index contributed by atoms with van der Waals surface area (Å²) in [5, 5.41) is 43.0. The molecule has 0 aromatic rings. The molecule has 0 aliphatic heterocycles. The minimum absolute atomic E-state index is 0.0489. The third kappa shape index (κ3) is 12.1. The largest absolute Gasteiger partial charge is 0.481 e. The second kappa shape index (κ2) is 15.5. The number of aliphatic carboxylic acids is 3. The Morgan fingerprint density at radius 2 is 1.32 bits per heavy atom. The van der Waals surface area contributed by atoms with Gasteiger partial charge in [-0.25, -0.2) is 4.79 Å². The standard InChI is InChI=1S/C19H33N5O10/c1-9(25)15(19(33)34)24-18(32)12(5-6-13(26)27)23-17(31)11(4-2-3-7-20)22-16(30)10(21)8-14(28)29/h9-12,15,25H,2-8,20-21H2,1H3,(H,22,30)(H,23,31)(H,24,32)(H,26,27)(H,28,29)(H,33,34). The third-order valence-electron chi connectivity index (χ3n) is 4.64. The van der Waals surface area contributed by atoms with Gasteiger partial charge < -0.3 is 47.8 Å². The van der Waals surface area contributed by atoms with Crippen LogP contribution in [0.1, 0.15) is 45.4 Å². The highest BCUT2D eigenvalue weighted by Crippen LogP contribution is 2.06. The van der Waals surface area contributed by atoms with E-state index >= 15 is 0 Å². The first-order valence-electron chi connectivity index (χ1n) is 10.5. The van der Waals surface area contributed by atoms with Crippen LogP contribution >= 0.6 is 0 Å². The van der Waals surface area contributed by atoms with Crippen LogP contribution in [-0.2, 0) is 28.8 Å². The summed E-state index contributed by atoms with van der Waals surface area (Å²) < 4.78 is 0. The first-order valence-corrected chi connectivity index (χ1v) is 10.5. The van der Waals surface area contributed by atoms with E-state index in [-0.39, 0.29) is 6.42 Å². The van der Waals surface area contributed by atoms with E-state index in [9.17, 15) is 33.9 Å². The second-order valence-corrected chi connectivity index (χ2v) is 7.61. The van der Waals surface area contributed by atoms with Gasteiger partial charge in [-0.15, -0.1) is 0 Å². The van der Waals surface area contributed by atoms with Crippen molar-refractivity contribution in [3.8, 4) is 0 Å². The number of hydrogen-bond donors (Lipinski definition) is 9. The van der Waals surface area contributed by atoms with Gasteiger partial charge in [0.2, 0.25) is 17.7 Å². The van der Waals surface area contributed by atoms with Crippen LogP contribution in [0.2, 0.25) is 0 Å². The lowest BCUT2D eigenvalue weighted by atomic mass is 10.0. The van der Waals surface area contributed by atoms with Gasteiger partial charge in [-0.2, -0.15) is 0 Å². The van der Waals surface area contributed by atoms with Crippen molar-refractivity contribution in [3.63, 3.8) is 0 Å². The van der Waals surface area contributed by atoms with Gasteiger partial charge in [0.05, 0.1) is 18.6 Å². The average molecular weight is 491 g/mol. The second-order valence-electron chi connectivity index (χ2n) is 7.61. The Kier molecular flexibility index (Phi) is 14.0. The van der Waals surface area contributed by atoms with Crippen molar-refractivity contribution in [2.24, 2.45) is 11.5 Å². The highest BCUT2D eigenvalue weighted by atomic mass is 16.4. The number of amides is 3. The Bertz CT molecular complexity index is 745. The third-order valence-corrected chi connectivity index (χ3v) is 4.64. The molecule has 3 amide bonds. The number of carbonyl (C=O) groups excluding carboxylic acids is 3. The maximum Gasteiger partial charge on any atom is 0.328 e. The Morgan fingerprint density at radius 1 is 0.794 bits per heavy atom. The van der Waals surface area contributed by atoms with E-state index in [2.05, 4.69) is 10.6 Å². The van der Waals surface area contributed by atoms with E-state index in [0.29, 0.717) is 19.4 Å². The fraction of sp³-hybridized carbons (Fsp3) is 0.684. The lowest BCUT2D eigenvalue weighted by Gasteiger charge is -2.25. The molecule has 5 atom stereocenters. The first-order chi connectivity index (χ1) is 15.8. The minimum atomic E-state index is -1.72. The SMILES string of the molecule is CC(O)C(NC(=O)C(CCC(=O)O)NC(=O)C(CCCCN)NC(=O)C(N)CC(=O)O)C(=O)O. The summed E-state index contributed by atoms with van der Waals surface area (Å²) in [6, 6.07) is -5.93. The number of carboxylic acids is 3. The number of aliphatic hydroxyl groups is 1. The maximum absolute atomic E-state index is 12.8. The van der Waals surface area contributed by atoms with Crippen molar-refractivity contribution in [2.75, 3.05) is 6.54 Å². The van der Waals surface area contributed by atoms with Gasteiger partial charge in [-0.05, 0) is 39.2 Å². The molecule has 0 rings (SSSR count). The van der Waals surface area contributed by atoms with Crippen molar-refractivity contribution in [3.05, 3.63) is 0 Å². The predicted molar refractivity (Wildman–Crippen MR) is 115 cm³/mol. The minimum Gasteiger partial charge on any atom is -0.481 e. The van der Waals surface area contributed by atoms with E-state index < -0.39 is 85.2 Å². The monoisotopic (exact) mass is 491 g/mol. The van der Waals surface area contributed by atoms with Crippen LogP contribution in [-0.4, -0.2) is 92.9 Å². The van der Waals surface area contributed by atoms with E-state index in [1.807, 2.05) is 5.32 Å². The summed E-state index contributed by atoms with van der Waals surface area (Å²) in [6.45, 7) is 1.41. The Balaban J connectivity index is 5.58. The summed E-state index contributed by atoms with van der Waals surface area (Å²) >= 11 is 0. The van der Waals surface area contributed by atoms with Crippen molar-refractivity contribution >= 4 is 35.6 Å². The van der Waals surface area contributed by atoms with Crippen LogP contribution in [0, 0.1) is 0 Å². The lowest BCUT2D eigenvalue weighted by Crippen LogP contribution is -2.58. The zero-order valence-corrected chi connectivity index (χ0v) is 18.7. The molecule has 0 spiro atoms. The summed E-state index contributed by atoms with van der Waals surface area (Å²) in [7, 11) is 0. The van der Waals surface area contributed by atoms with Gasteiger partial charge in [0.1, 0.15) is 12.1 Å². The number of unbranched alkanes of at least 4 members (excludes halogenated alkanes) is 1. The topological polar surface area (TPSA) is 271 Å². The highest BCUT2D eigenvalue weighted by molar-refractivity contribution is 5.95. The molecule has 34 heavy (non-hydrogen) atoms. The summed E-state index contributed by atoms with van der Waals surface area (Å²) in [5.74, 6) is -7.05. The molecule has 0 bridgehead atoms. The molecule has 0 aliphatic rings. The van der Waals surface area contributed by atoms with Gasteiger partial charge >= 0.3 is 17.9 Å². The molecule has 15 heteroatoms. The fourth-order valence-corrected chi connectivity index (χ4v) is 2.77. The van der Waals surface area contributed by atoms with Crippen LogP contribution in [0.5, 0.6) is 0 Å². The fourth-order valence-electron chi connectivity index (χ4n) is 2.77. The number of nitrogens with one attached hydrogen (secondary N) is 3. The number of carbonyl (C=O) groups is 6. The zero-order valence-electron chi connectivity index (χ0n) is 18.7. The maximum atomic E-state index is 12.8. The first kappa shape index (κ1) is 30.7. The summed E-state index contributed by atoms with van der Waals surface area (Å²) in [4.78, 5) is 70.6. The number of aliphatic hydroxyl groups excluding tert-OH is 1. The van der Waals surface area contributed by atoms with Crippen molar-refractivity contribution in [1.29, 1.82) is 0 Å². The van der Waals surface area contributed by atoms with Crippen molar-refractivity contribution in [2.45, 2.75) is 75.7 Å². The van der Waals surface area contributed by atoms with Gasteiger partial charge in [0.25, 0.3) is 0 Å². The van der Waals surface area contributed by atoms with E-state index in [0.717, 1.165) is 6.92 Å². The molecule has 0 saturated heterocycles. The summed E-state index contributed by atoms with van der Waals surface area (Å²) in [6.07, 6.45) is -2.25. The van der Waals surface area contributed by atoms with E-state index in [4.69, 9.17) is 26.8 Å². The van der Waals surface area contributed by atoms with Crippen LogP contribution < -0.4 is 27.4 Å². The number of carboxylic acid groups (broad SMARTS) is 3. The molecule has 15 nitrogen and oxygen atoms in total. The van der Waals surface area contributed by atoms with Crippen LogP contribution in [0.3, 0.4) is 0 Å². The molecule has 0 aromatic carbocycles. The molecule has 0 aromatic heterocycles. The van der Waals surface area contributed by atoms with E-state index in [1.165, 1.54) is 0 Å². The molecule has 0 heterocycles. The Labute approximate surface area is 195 Å². The van der Waals surface area contributed by atoms with Crippen LogP contribution in [0.25, 0.3) is 0 Å². The zero-order chi connectivity index (χ0) is 26.4. The quantitative estimate of drug-likeness (QED) is 0.0905. The molecule has 11 N–H and O–H groups in total. The molecule has 0 aliphatic carbocycles.